The Balaban J connectivity index is 1.30. The molecule has 21 N–H and O–H groups in total. The number of aliphatic hydroxyl groups excluding tert-OH is 3. The van der Waals surface area contributed by atoms with Crippen LogP contribution in [0.5, 0.6) is 0 Å². The molecule has 1 unspecified atom stereocenters. The number of aliphatic hydroxyl groups is 3. The van der Waals surface area contributed by atoms with Crippen molar-refractivity contribution in [2.24, 2.45) is 22.2 Å². The summed E-state index contributed by atoms with van der Waals surface area (Å²) in [6.45, 7) is 0.360. The highest BCUT2D eigenvalue weighted by Gasteiger charge is 2.44. The summed E-state index contributed by atoms with van der Waals surface area (Å²) in [4.78, 5) is 188. The van der Waals surface area contributed by atoms with E-state index in [-0.39, 0.29) is 83.3 Å². The number of nitrogens with zero attached hydrogens (tertiary/aromatic N) is 3. The number of carbonyl (C=O) groups excluding carboxylic acids is 12. The molecule has 4 heterocycles. The van der Waals surface area contributed by atoms with Crippen LogP contribution in [0.25, 0.3) is 10.9 Å². The molecule has 0 bridgehead atoms. The number of guanidine groups is 1. The van der Waals surface area contributed by atoms with Crippen LogP contribution in [0.4, 0.5) is 0 Å². The van der Waals surface area contributed by atoms with E-state index < -0.39 is 170 Å². The van der Waals surface area contributed by atoms with Crippen LogP contribution in [0.2, 0.25) is 0 Å². The Kier molecular flexibility index (Phi) is 28.8. The molecule has 516 valence electrons. The Morgan fingerprint density at radius 3 is 2.04 bits per heavy atom. The van der Waals surface area contributed by atoms with Gasteiger partial charge in [0.15, 0.2) is 5.96 Å². The van der Waals surface area contributed by atoms with E-state index in [1.165, 1.54) is 12.5 Å². The third kappa shape index (κ3) is 22.9. The first kappa shape index (κ1) is 74.0. The lowest BCUT2D eigenvalue weighted by Gasteiger charge is -2.31. The molecule has 2 aromatic heterocycles. The van der Waals surface area contributed by atoms with Gasteiger partial charge in [-0.2, -0.15) is 5.48 Å². The summed E-state index contributed by atoms with van der Waals surface area (Å²) >= 11 is 0. The number of primary amides is 1. The molecule has 2 aliphatic rings. The molecule has 95 heavy (non-hydrogen) atoms. The number of benzene rings is 2. The summed E-state index contributed by atoms with van der Waals surface area (Å²) in [7, 11) is 0. The average molecular weight is 1330 g/mol. The zero-order valence-electron chi connectivity index (χ0n) is 52.7. The Hall–Kier alpha value is -10.1. The molecule has 0 spiro atoms. The van der Waals surface area contributed by atoms with Crippen LogP contribution in [0.3, 0.4) is 0 Å². The minimum atomic E-state index is -1.91. The summed E-state index contributed by atoms with van der Waals surface area (Å²) in [6, 6.07) is 0.146. The monoisotopic (exact) mass is 1330 g/mol. The van der Waals surface area contributed by atoms with Gasteiger partial charge in [-0.25, -0.2) is 4.98 Å². The minimum absolute atomic E-state index is 0.00230. The Morgan fingerprint density at radius 1 is 0.737 bits per heavy atom. The normalized spacial score (nSPS) is 21.7. The fourth-order valence-corrected chi connectivity index (χ4v) is 10.7. The number of nitrogens with two attached hydrogens (primary N) is 3. The molecule has 2 aliphatic heterocycles. The predicted molar refractivity (Wildman–Crippen MR) is 339 cm³/mol. The van der Waals surface area contributed by atoms with Crippen molar-refractivity contribution in [3.05, 3.63) is 90.1 Å². The number of aromatic nitrogens is 3. The van der Waals surface area contributed by atoms with Crippen molar-refractivity contribution in [2.45, 2.75) is 164 Å². The Labute approximate surface area is 545 Å². The van der Waals surface area contributed by atoms with Crippen LogP contribution in [0, 0.1) is 0 Å². The number of fused-ring (bicyclic) bond motifs is 2. The van der Waals surface area contributed by atoms with Gasteiger partial charge >= 0.3 is 5.97 Å². The number of para-hydroxylation sites is 1. The standard InChI is InChI=1S/C61H86N18O16/c1-3-4-16-41(73-58(92)48(31-81)78-56(90)45(24-36-28-65-32-68-36)75-57(91)47(30-80)70-33(2)82)53(87)77-46-26-50(84)95-69-21-11-10-18-40(51(62)85)71-55(89)44(23-35-27-67-39-17-9-8-15-38(35)39)74-52(86)42(19-12-20-66-61(63)64)72-54(88)43(22-34-13-6-5-7-14-34)76-59(93)49-25-37(83)29-79(49)60(46)94/h5-9,13-15,17,27-28,32,37,40-49,67,69,80-81,83H,3-4,10-12,16,18-26,29-31H2,1-2H3,(H2,62,85)(H,65,68)(H,70,82)(H,71,89)(H,72,88)(H,73,92)(H,74,86)(H,75,91)(H,76,93)(H,77,87)(H,78,90)(H4,63,64,66)/t37?,40-,41-,42-,43+,44-,45-,46-,47-,48-,49-/m0/s1. The Morgan fingerprint density at radius 2 is 1.37 bits per heavy atom. The second kappa shape index (κ2) is 37.0. The van der Waals surface area contributed by atoms with E-state index in [2.05, 4.69) is 73.3 Å². The summed E-state index contributed by atoms with van der Waals surface area (Å²) in [5.74, 6) is -11.8. The molecule has 0 saturated carbocycles. The van der Waals surface area contributed by atoms with Gasteiger partial charge in [-0.05, 0) is 55.7 Å². The van der Waals surface area contributed by atoms with Gasteiger partial charge in [0.2, 0.25) is 65.0 Å². The van der Waals surface area contributed by atoms with E-state index in [1.54, 1.807) is 55.6 Å². The predicted octanol–water partition coefficient (Wildman–Crippen LogP) is -5.40. The number of aromatic amines is 2. The van der Waals surface area contributed by atoms with Gasteiger partial charge in [0, 0.05) is 81.2 Å². The number of imidazole rings is 1. The molecular formula is C61H86N18O16. The molecule has 0 radical (unpaired) electrons. The Bertz CT molecular complexity index is 3330. The highest BCUT2D eigenvalue weighted by Crippen LogP contribution is 2.23. The van der Waals surface area contributed by atoms with Crippen LogP contribution < -0.4 is 70.5 Å². The molecule has 11 amide bonds. The summed E-state index contributed by atoms with van der Waals surface area (Å²) in [5, 5.41) is 55.0. The van der Waals surface area contributed by atoms with Gasteiger partial charge < -0.3 is 100 Å². The summed E-state index contributed by atoms with van der Waals surface area (Å²) in [6.07, 6.45) is 1.89. The number of hydroxylamine groups is 1. The van der Waals surface area contributed by atoms with Crippen molar-refractivity contribution in [1.82, 2.24) is 73.2 Å². The third-order valence-corrected chi connectivity index (χ3v) is 15.7. The molecule has 2 aromatic carbocycles. The number of rotatable bonds is 25. The smallest absolute Gasteiger partial charge is 0.327 e. The second-order valence-electron chi connectivity index (χ2n) is 23.1. The van der Waals surface area contributed by atoms with Gasteiger partial charge in [-0.15, -0.1) is 0 Å². The van der Waals surface area contributed by atoms with Gasteiger partial charge in [-0.3, -0.25) is 62.5 Å². The number of unbranched alkanes of at least 4 members (excludes halogenated alkanes) is 1. The largest absolute Gasteiger partial charge is 0.394 e. The molecular weight excluding hydrogens is 1240 g/mol. The van der Waals surface area contributed by atoms with E-state index >= 15 is 4.79 Å². The lowest BCUT2D eigenvalue weighted by molar-refractivity contribution is -0.155. The first-order chi connectivity index (χ1) is 45.5. The van der Waals surface area contributed by atoms with Crippen molar-refractivity contribution >= 4 is 87.8 Å². The van der Waals surface area contributed by atoms with Gasteiger partial charge in [0.05, 0.1) is 32.1 Å². The molecule has 34 nitrogen and oxygen atoms in total. The number of amides is 11. The van der Waals surface area contributed by atoms with Crippen molar-refractivity contribution < 1.29 is 77.7 Å². The van der Waals surface area contributed by atoms with Gasteiger partial charge in [-0.1, -0.05) is 68.3 Å². The summed E-state index contributed by atoms with van der Waals surface area (Å²) < 4.78 is 0. The third-order valence-electron chi connectivity index (χ3n) is 15.7. The topological polar surface area (TPSA) is 533 Å². The fourth-order valence-electron chi connectivity index (χ4n) is 10.7. The number of hydrogen-bond acceptors (Lipinski definition) is 19. The zero-order chi connectivity index (χ0) is 69.1. The van der Waals surface area contributed by atoms with Crippen molar-refractivity contribution in [1.29, 1.82) is 0 Å². The zero-order valence-corrected chi connectivity index (χ0v) is 52.7. The van der Waals surface area contributed by atoms with Crippen molar-refractivity contribution in [3.63, 3.8) is 0 Å². The highest BCUT2D eigenvalue weighted by atomic mass is 16.7. The fraction of sp³-hybridized carbons (Fsp3) is 0.508. The SMILES string of the molecule is CCCC[C@H](NC(=O)[C@H](CO)NC(=O)[C@H](Cc1cnc[nH]1)NC(=O)[C@H](CO)NC(C)=O)C(=O)N[C@H]1CC(=O)ONCCCC[C@@H](C(N)=O)NC(=O)[C@H](Cc2c[nH]c3ccccc23)NC(=O)[C@H](CCCN=C(N)N)NC(=O)[C@@H](Cc2ccccc2)NC(=O)[C@@H]2CC(O)CN2C1=O. The van der Waals surface area contributed by atoms with E-state index in [9.17, 15) is 68.1 Å². The van der Waals surface area contributed by atoms with Crippen LogP contribution >= 0.6 is 0 Å². The molecule has 2 fully saturated rings. The molecule has 2 saturated heterocycles. The van der Waals surface area contributed by atoms with Crippen LogP contribution in [-0.2, 0) is 81.6 Å². The maximum atomic E-state index is 15.0. The lowest BCUT2D eigenvalue weighted by atomic mass is 10.0. The minimum Gasteiger partial charge on any atom is -0.394 e. The summed E-state index contributed by atoms with van der Waals surface area (Å²) in [5.41, 5.74) is 21.7. The number of aliphatic imine (C=N–C) groups is 1. The van der Waals surface area contributed by atoms with E-state index in [0.717, 1.165) is 22.7 Å². The maximum Gasteiger partial charge on any atom is 0.327 e. The van der Waals surface area contributed by atoms with Crippen molar-refractivity contribution in [2.75, 3.05) is 32.8 Å². The first-order valence-corrected chi connectivity index (χ1v) is 31.2. The molecule has 11 atom stereocenters. The van der Waals surface area contributed by atoms with E-state index in [0.29, 0.717) is 23.2 Å². The number of H-pyrrole nitrogens is 2. The average Bonchev–Trinajstić information content (AvgIpc) is 1.72. The number of carbonyl (C=O) groups is 12. The highest BCUT2D eigenvalue weighted by molar-refractivity contribution is 6.00. The van der Waals surface area contributed by atoms with Crippen LogP contribution in [-0.4, -0.2) is 211 Å². The molecule has 34 heteroatoms. The van der Waals surface area contributed by atoms with Crippen LogP contribution in [0.1, 0.15) is 94.9 Å². The number of nitrogens with one attached hydrogen (secondary N) is 12. The van der Waals surface area contributed by atoms with Crippen molar-refractivity contribution in [3.8, 4) is 0 Å². The molecule has 4 aromatic rings. The quantitative estimate of drug-likeness (QED) is 0.0167. The maximum absolute atomic E-state index is 15.0. The van der Waals surface area contributed by atoms with Gasteiger partial charge in [0.1, 0.15) is 60.4 Å². The molecule has 6 rings (SSSR count). The second-order valence-corrected chi connectivity index (χ2v) is 23.1. The lowest BCUT2D eigenvalue weighted by Crippen LogP contribution is -2.61. The molecule has 0 aliphatic carbocycles. The van der Waals surface area contributed by atoms with Crippen LogP contribution in [0.15, 0.2) is 78.3 Å². The van der Waals surface area contributed by atoms with E-state index in [4.69, 9.17) is 22.0 Å². The van der Waals surface area contributed by atoms with E-state index in [1.807, 2.05) is 12.1 Å². The van der Waals surface area contributed by atoms with Gasteiger partial charge in [0.25, 0.3) is 0 Å². The first-order valence-electron chi connectivity index (χ1n) is 31.2. The number of hydrogen-bond donors (Lipinski definition) is 18.